The molecule has 6 heteroatoms. The quantitative estimate of drug-likeness (QED) is 0.654. The minimum atomic E-state index is 0.595. The summed E-state index contributed by atoms with van der Waals surface area (Å²) in [4.78, 5) is 13.7. The van der Waals surface area contributed by atoms with Crippen LogP contribution in [0.3, 0.4) is 0 Å². The van der Waals surface area contributed by atoms with Crippen LogP contribution in [0.25, 0.3) is 0 Å². The standard InChI is InChI=1S/C23H24N4O2/c1-26(22-13-6-7-14-24-22)23-25-19-10-5-4-9-17(19)15-27(23)16-18-20(28-2)11-8-12-21(18)29-3/h4-14H,15-16H2,1-3H3. The van der Waals surface area contributed by atoms with Crippen molar-refractivity contribution in [3.05, 3.63) is 78.0 Å². The highest BCUT2D eigenvalue weighted by atomic mass is 16.5. The van der Waals surface area contributed by atoms with Crippen LogP contribution in [-0.2, 0) is 13.1 Å². The van der Waals surface area contributed by atoms with Gasteiger partial charge < -0.3 is 14.4 Å². The topological polar surface area (TPSA) is 50.2 Å². The molecule has 2 heterocycles. The maximum Gasteiger partial charge on any atom is 0.207 e. The van der Waals surface area contributed by atoms with E-state index in [1.54, 1.807) is 20.4 Å². The second kappa shape index (κ2) is 8.22. The first-order valence-electron chi connectivity index (χ1n) is 9.47. The molecule has 0 fully saturated rings. The largest absolute Gasteiger partial charge is 0.496 e. The summed E-state index contributed by atoms with van der Waals surface area (Å²) in [6.07, 6.45) is 1.79. The zero-order valence-corrected chi connectivity index (χ0v) is 16.9. The third-order valence-electron chi connectivity index (χ3n) is 5.03. The summed E-state index contributed by atoms with van der Waals surface area (Å²) >= 11 is 0. The van der Waals surface area contributed by atoms with Gasteiger partial charge in [0.1, 0.15) is 17.3 Å². The molecule has 0 saturated carbocycles. The number of nitrogens with zero attached hydrogens (tertiary/aromatic N) is 4. The van der Waals surface area contributed by atoms with E-state index < -0.39 is 0 Å². The van der Waals surface area contributed by atoms with Crippen molar-refractivity contribution in [2.45, 2.75) is 13.1 Å². The first-order chi connectivity index (χ1) is 14.2. The number of ether oxygens (including phenoxy) is 2. The summed E-state index contributed by atoms with van der Waals surface area (Å²) in [6.45, 7) is 1.32. The molecule has 1 aliphatic heterocycles. The van der Waals surface area contributed by atoms with Crippen molar-refractivity contribution in [1.29, 1.82) is 0 Å². The number of guanidine groups is 1. The average Bonchev–Trinajstić information content (AvgIpc) is 2.78. The van der Waals surface area contributed by atoms with Gasteiger partial charge in [0, 0.05) is 19.8 Å². The number of hydrogen-bond acceptors (Lipinski definition) is 6. The van der Waals surface area contributed by atoms with E-state index in [1.807, 2.05) is 66.5 Å². The highest BCUT2D eigenvalue weighted by Gasteiger charge is 2.26. The van der Waals surface area contributed by atoms with E-state index in [1.165, 1.54) is 5.56 Å². The maximum atomic E-state index is 5.61. The van der Waals surface area contributed by atoms with Gasteiger partial charge in [0.05, 0.1) is 32.0 Å². The van der Waals surface area contributed by atoms with Gasteiger partial charge in [-0.15, -0.1) is 0 Å². The lowest BCUT2D eigenvalue weighted by Crippen LogP contribution is -2.43. The van der Waals surface area contributed by atoms with Crippen molar-refractivity contribution in [3.8, 4) is 11.5 Å². The number of fused-ring (bicyclic) bond motifs is 1. The van der Waals surface area contributed by atoms with Crippen LogP contribution < -0.4 is 14.4 Å². The van der Waals surface area contributed by atoms with Crippen LogP contribution in [0.1, 0.15) is 11.1 Å². The van der Waals surface area contributed by atoms with Gasteiger partial charge >= 0.3 is 0 Å². The molecule has 0 aliphatic carbocycles. The van der Waals surface area contributed by atoms with Crippen LogP contribution in [0.15, 0.2) is 71.9 Å². The molecule has 29 heavy (non-hydrogen) atoms. The second-order valence-electron chi connectivity index (χ2n) is 6.78. The molecule has 1 aromatic heterocycles. The van der Waals surface area contributed by atoms with Crippen LogP contribution in [0.2, 0.25) is 0 Å². The van der Waals surface area contributed by atoms with Crippen LogP contribution in [0, 0.1) is 0 Å². The van der Waals surface area contributed by atoms with Gasteiger partial charge in [-0.05, 0) is 35.9 Å². The summed E-state index contributed by atoms with van der Waals surface area (Å²) in [7, 11) is 5.35. The average molecular weight is 388 g/mol. The van der Waals surface area contributed by atoms with Crippen molar-refractivity contribution in [2.75, 3.05) is 26.2 Å². The lowest BCUT2D eigenvalue weighted by molar-refractivity contribution is 0.347. The summed E-state index contributed by atoms with van der Waals surface area (Å²) in [5, 5.41) is 0. The van der Waals surface area contributed by atoms with E-state index >= 15 is 0 Å². The van der Waals surface area contributed by atoms with Crippen molar-refractivity contribution < 1.29 is 9.47 Å². The number of anilines is 1. The molecule has 3 aromatic rings. The Morgan fingerprint density at radius 3 is 2.34 bits per heavy atom. The molecule has 0 bridgehead atoms. The first-order valence-corrected chi connectivity index (χ1v) is 9.47. The van der Waals surface area contributed by atoms with E-state index in [4.69, 9.17) is 14.5 Å². The van der Waals surface area contributed by atoms with Crippen molar-refractivity contribution in [2.24, 2.45) is 4.99 Å². The fraction of sp³-hybridized carbons (Fsp3) is 0.217. The molecular weight excluding hydrogens is 364 g/mol. The Hall–Kier alpha value is -3.54. The Balaban J connectivity index is 1.76. The van der Waals surface area contributed by atoms with E-state index in [2.05, 4.69) is 16.0 Å². The van der Waals surface area contributed by atoms with Gasteiger partial charge in [-0.25, -0.2) is 9.98 Å². The van der Waals surface area contributed by atoms with Crippen LogP contribution in [-0.4, -0.2) is 37.1 Å². The molecule has 0 spiro atoms. The SMILES string of the molecule is COc1cccc(OC)c1CN1Cc2ccccc2N=C1N(C)c1ccccn1. The van der Waals surface area contributed by atoms with Crippen molar-refractivity contribution in [1.82, 2.24) is 9.88 Å². The van der Waals surface area contributed by atoms with Crippen LogP contribution in [0.5, 0.6) is 11.5 Å². The lowest BCUT2D eigenvalue weighted by Gasteiger charge is -2.35. The minimum Gasteiger partial charge on any atom is -0.496 e. The van der Waals surface area contributed by atoms with Gasteiger partial charge in [0.25, 0.3) is 0 Å². The molecule has 148 valence electrons. The highest BCUT2D eigenvalue weighted by molar-refractivity contribution is 5.97. The monoisotopic (exact) mass is 388 g/mol. The Morgan fingerprint density at radius 2 is 1.66 bits per heavy atom. The predicted octanol–water partition coefficient (Wildman–Crippen LogP) is 4.24. The van der Waals surface area contributed by atoms with Crippen LogP contribution >= 0.6 is 0 Å². The van der Waals surface area contributed by atoms with E-state index in [0.717, 1.165) is 41.1 Å². The fourth-order valence-electron chi connectivity index (χ4n) is 3.55. The van der Waals surface area contributed by atoms with E-state index in [9.17, 15) is 0 Å². The molecule has 1 aliphatic rings. The Morgan fingerprint density at radius 1 is 0.931 bits per heavy atom. The number of aromatic nitrogens is 1. The number of hydrogen-bond donors (Lipinski definition) is 0. The van der Waals surface area contributed by atoms with Gasteiger partial charge in [0.2, 0.25) is 5.96 Å². The number of pyridine rings is 1. The Bertz CT molecular complexity index is 998. The zero-order chi connectivity index (χ0) is 20.2. The van der Waals surface area contributed by atoms with Crippen molar-refractivity contribution >= 4 is 17.5 Å². The lowest BCUT2D eigenvalue weighted by atomic mass is 10.1. The Labute approximate surface area is 171 Å². The number of benzene rings is 2. The molecule has 6 nitrogen and oxygen atoms in total. The van der Waals surface area contributed by atoms with Crippen LogP contribution in [0.4, 0.5) is 11.5 Å². The number of aliphatic imine (C=N–C) groups is 1. The Kier molecular flexibility index (Phi) is 5.33. The van der Waals surface area contributed by atoms with Gasteiger partial charge in [0.15, 0.2) is 0 Å². The predicted molar refractivity (Wildman–Crippen MR) is 115 cm³/mol. The summed E-state index contributed by atoms with van der Waals surface area (Å²) in [5.41, 5.74) is 3.15. The molecule has 4 rings (SSSR count). The number of rotatable bonds is 5. The molecule has 0 N–H and O–H groups in total. The second-order valence-corrected chi connectivity index (χ2v) is 6.78. The molecule has 0 saturated heterocycles. The number of para-hydroxylation sites is 1. The van der Waals surface area contributed by atoms with Gasteiger partial charge in [-0.1, -0.05) is 30.3 Å². The summed E-state index contributed by atoms with van der Waals surface area (Å²) in [5.74, 6) is 3.25. The molecule has 0 radical (unpaired) electrons. The van der Waals surface area contributed by atoms with Gasteiger partial charge in [-0.3, -0.25) is 4.90 Å². The molecular formula is C23H24N4O2. The normalized spacial score (nSPS) is 12.8. The fourth-order valence-corrected chi connectivity index (χ4v) is 3.55. The first kappa shape index (κ1) is 18.8. The third kappa shape index (κ3) is 3.74. The molecule has 0 unspecified atom stereocenters. The zero-order valence-electron chi connectivity index (χ0n) is 16.9. The minimum absolute atomic E-state index is 0.595. The van der Waals surface area contributed by atoms with E-state index in [-0.39, 0.29) is 0 Å². The summed E-state index contributed by atoms with van der Waals surface area (Å²) in [6, 6.07) is 19.9. The van der Waals surface area contributed by atoms with Crippen molar-refractivity contribution in [3.63, 3.8) is 0 Å². The van der Waals surface area contributed by atoms with E-state index in [0.29, 0.717) is 6.54 Å². The number of methoxy groups -OCH3 is 2. The summed E-state index contributed by atoms with van der Waals surface area (Å²) < 4.78 is 11.2. The van der Waals surface area contributed by atoms with Gasteiger partial charge in [-0.2, -0.15) is 0 Å². The molecule has 0 atom stereocenters. The maximum absolute atomic E-state index is 5.61. The highest BCUT2D eigenvalue weighted by Crippen LogP contribution is 2.33. The molecule has 2 aromatic carbocycles. The molecule has 0 amide bonds. The smallest absolute Gasteiger partial charge is 0.207 e. The third-order valence-corrected chi connectivity index (χ3v) is 5.03.